The molecular weight excluding hydrogens is 357 g/mol. The zero-order valence-corrected chi connectivity index (χ0v) is 14.5. The van der Waals surface area contributed by atoms with Gasteiger partial charge in [-0.15, -0.1) is 0 Å². The van der Waals surface area contributed by atoms with Gasteiger partial charge in [0.05, 0.1) is 11.8 Å². The van der Waals surface area contributed by atoms with Gasteiger partial charge in [0.1, 0.15) is 11.5 Å². The van der Waals surface area contributed by atoms with Crippen molar-refractivity contribution in [3.05, 3.63) is 71.7 Å². The van der Waals surface area contributed by atoms with Crippen LogP contribution in [0.4, 0.5) is 24.7 Å². The minimum atomic E-state index is -4.59. The van der Waals surface area contributed by atoms with E-state index in [9.17, 15) is 18.0 Å². The average molecular weight is 374 g/mol. The number of halogens is 3. The number of rotatable bonds is 6. The number of nitrogens with one attached hydrogen (secondary N) is 1. The second-order valence-electron chi connectivity index (χ2n) is 6.03. The van der Waals surface area contributed by atoms with Gasteiger partial charge in [-0.2, -0.15) is 18.3 Å². The Morgan fingerprint density at radius 1 is 1.15 bits per heavy atom. The molecule has 0 bridgehead atoms. The largest absolute Gasteiger partial charge is 0.433 e. The van der Waals surface area contributed by atoms with Crippen LogP contribution in [0.15, 0.2) is 54.9 Å². The molecule has 0 aliphatic heterocycles. The molecule has 0 fully saturated rings. The molecule has 0 aliphatic rings. The number of aromatic nitrogens is 3. The van der Waals surface area contributed by atoms with Crippen LogP contribution in [0.25, 0.3) is 0 Å². The Labute approximate surface area is 153 Å². The third-order valence-corrected chi connectivity index (χ3v) is 3.92. The summed E-state index contributed by atoms with van der Waals surface area (Å²) >= 11 is 0. The zero-order chi connectivity index (χ0) is 19.4. The van der Waals surface area contributed by atoms with Gasteiger partial charge in [-0.1, -0.05) is 18.2 Å². The molecule has 27 heavy (non-hydrogen) atoms. The number of hydrogen-bond acceptors (Lipinski definition) is 4. The number of carbonyl (C=O) groups is 1. The predicted octanol–water partition coefficient (Wildman–Crippen LogP) is 4.39. The van der Waals surface area contributed by atoms with E-state index in [0.717, 1.165) is 11.6 Å². The van der Waals surface area contributed by atoms with Crippen molar-refractivity contribution in [2.45, 2.75) is 19.0 Å². The van der Waals surface area contributed by atoms with E-state index in [4.69, 9.17) is 0 Å². The molecule has 140 valence electrons. The first-order valence-corrected chi connectivity index (χ1v) is 8.24. The number of ketones is 1. The minimum Gasteiger partial charge on any atom is -0.340 e. The van der Waals surface area contributed by atoms with Gasteiger partial charge in [0.25, 0.3) is 0 Å². The van der Waals surface area contributed by atoms with Gasteiger partial charge in [-0.25, -0.2) is 4.98 Å². The van der Waals surface area contributed by atoms with Crippen LogP contribution < -0.4 is 5.32 Å². The van der Waals surface area contributed by atoms with Crippen LogP contribution in [-0.4, -0.2) is 20.5 Å². The molecule has 3 rings (SSSR count). The van der Waals surface area contributed by atoms with Gasteiger partial charge in [0.15, 0.2) is 5.78 Å². The quantitative estimate of drug-likeness (QED) is 0.650. The summed E-state index contributed by atoms with van der Waals surface area (Å²) in [6.07, 6.45) is -0.562. The zero-order valence-electron chi connectivity index (χ0n) is 14.5. The van der Waals surface area contributed by atoms with E-state index in [2.05, 4.69) is 15.4 Å². The fourth-order valence-corrected chi connectivity index (χ4v) is 2.59. The van der Waals surface area contributed by atoms with E-state index in [0.29, 0.717) is 12.1 Å². The van der Waals surface area contributed by atoms with E-state index < -0.39 is 11.9 Å². The van der Waals surface area contributed by atoms with E-state index in [1.54, 1.807) is 54.5 Å². The first kappa shape index (κ1) is 18.6. The molecule has 1 aromatic carbocycles. The summed E-state index contributed by atoms with van der Waals surface area (Å²) in [7, 11) is 1.77. The fourth-order valence-electron chi connectivity index (χ4n) is 2.59. The SMILES string of the molecule is Cn1cc(CCC(=O)c2ccc(C(F)(F)F)nc2Nc2ccccc2)cn1. The van der Waals surface area contributed by atoms with Gasteiger partial charge in [0.2, 0.25) is 0 Å². The standard InChI is InChI=1S/C19H17F3N4O/c1-26-12-13(11-23-26)7-9-16(27)15-8-10-17(19(20,21)22)25-18(15)24-14-5-3-2-4-6-14/h2-6,8,10-12H,7,9H2,1H3,(H,24,25). The summed E-state index contributed by atoms with van der Waals surface area (Å²) in [6.45, 7) is 0. The lowest BCUT2D eigenvalue weighted by molar-refractivity contribution is -0.141. The van der Waals surface area contributed by atoms with Gasteiger partial charge >= 0.3 is 6.18 Å². The smallest absolute Gasteiger partial charge is 0.340 e. The van der Waals surface area contributed by atoms with Crippen LogP contribution in [0.1, 0.15) is 28.0 Å². The second kappa shape index (κ2) is 7.61. The van der Waals surface area contributed by atoms with Gasteiger partial charge in [-0.3, -0.25) is 9.48 Å². The Morgan fingerprint density at radius 2 is 1.89 bits per heavy atom. The number of aryl methyl sites for hydroxylation is 2. The average Bonchev–Trinajstić information content (AvgIpc) is 3.05. The maximum Gasteiger partial charge on any atom is 0.433 e. The first-order chi connectivity index (χ1) is 12.8. The monoisotopic (exact) mass is 374 g/mol. The lowest BCUT2D eigenvalue weighted by atomic mass is 10.0. The van der Waals surface area contributed by atoms with Crippen LogP contribution in [-0.2, 0) is 19.6 Å². The summed E-state index contributed by atoms with van der Waals surface area (Å²) in [5.74, 6) is -0.397. The van der Waals surface area contributed by atoms with E-state index >= 15 is 0 Å². The predicted molar refractivity (Wildman–Crippen MR) is 94.8 cm³/mol. The molecule has 0 atom stereocenters. The lowest BCUT2D eigenvalue weighted by Gasteiger charge is -2.13. The Hall–Kier alpha value is -3.16. The molecular formula is C19H17F3N4O. The number of Topliss-reactive ketones (excluding diaryl/α,β-unsaturated/α-hetero) is 1. The van der Waals surface area contributed by atoms with Crippen LogP contribution in [0.5, 0.6) is 0 Å². The number of para-hydroxylation sites is 1. The highest BCUT2D eigenvalue weighted by molar-refractivity contribution is 6.01. The molecule has 0 amide bonds. The van der Waals surface area contributed by atoms with Crippen molar-refractivity contribution in [2.75, 3.05) is 5.32 Å². The number of carbonyl (C=O) groups excluding carboxylic acids is 1. The Balaban J connectivity index is 1.86. The number of alkyl halides is 3. The van der Waals surface area contributed by atoms with Crippen molar-refractivity contribution in [3.63, 3.8) is 0 Å². The van der Waals surface area contributed by atoms with Crippen LogP contribution in [0.3, 0.4) is 0 Å². The van der Waals surface area contributed by atoms with Gasteiger partial charge < -0.3 is 5.32 Å². The third kappa shape index (κ3) is 4.72. The molecule has 2 heterocycles. The number of pyridine rings is 1. The summed E-state index contributed by atoms with van der Waals surface area (Å²) in [5, 5.41) is 6.85. The van der Waals surface area contributed by atoms with Crippen molar-refractivity contribution in [1.29, 1.82) is 0 Å². The fraction of sp³-hybridized carbons (Fsp3) is 0.211. The van der Waals surface area contributed by atoms with Gasteiger partial charge in [-0.05, 0) is 36.2 Å². The van der Waals surface area contributed by atoms with E-state index in [-0.39, 0.29) is 23.6 Å². The number of hydrogen-bond donors (Lipinski definition) is 1. The van der Waals surface area contributed by atoms with Crippen molar-refractivity contribution >= 4 is 17.3 Å². The topological polar surface area (TPSA) is 59.8 Å². The summed E-state index contributed by atoms with van der Waals surface area (Å²) in [5.41, 5.74) is 0.495. The molecule has 0 saturated heterocycles. The molecule has 0 spiro atoms. The molecule has 0 saturated carbocycles. The molecule has 1 N–H and O–H groups in total. The molecule has 0 aliphatic carbocycles. The maximum absolute atomic E-state index is 13.0. The minimum absolute atomic E-state index is 0.104. The van der Waals surface area contributed by atoms with E-state index in [1.165, 1.54) is 6.07 Å². The van der Waals surface area contributed by atoms with Crippen LogP contribution in [0.2, 0.25) is 0 Å². The summed E-state index contributed by atoms with van der Waals surface area (Å²) in [6, 6.07) is 10.6. The second-order valence-corrected chi connectivity index (χ2v) is 6.03. The molecule has 5 nitrogen and oxygen atoms in total. The van der Waals surface area contributed by atoms with Crippen LogP contribution >= 0.6 is 0 Å². The normalized spacial score (nSPS) is 11.4. The highest BCUT2D eigenvalue weighted by Gasteiger charge is 2.33. The maximum atomic E-state index is 13.0. The highest BCUT2D eigenvalue weighted by Crippen LogP contribution is 2.31. The summed E-state index contributed by atoms with van der Waals surface area (Å²) < 4.78 is 40.7. The Bertz CT molecular complexity index is 936. The molecule has 0 unspecified atom stereocenters. The number of anilines is 2. The highest BCUT2D eigenvalue weighted by atomic mass is 19.4. The van der Waals surface area contributed by atoms with Gasteiger partial charge in [0, 0.05) is 25.4 Å². The molecule has 2 aromatic heterocycles. The van der Waals surface area contributed by atoms with Crippen molar-refractivity contribution in [3.8, 4) is 0 Å². The van der Waals surface area contributed by atoms with E-state index in [1.807, 2.05) is 0 Å². The van der Waals surface area contributed by atoms with Crippen molar-refractivity contribution in [1.82, 2.24) is 14.8 Å². The Morgan fingerprint density at radius 3 is 2.52 bits per heavy atom. The molecule has 3 aromatic rings. The Kier molecular flexibility index (Phi) is 5.25. The third-order valence-electron chi connectivity index (χ3n) is 3.92. The lowest BCUT2D eigenvalue weighted by Crippen LogP contribution is -2.13. The summed E-state index contributed by atoms with van der Waals surface area (Å²) in [4.78, 5) is 16.3. The first-order valence-electron chi connectivity index (χ1n) is 8.24. The molecule has 0 radical (unpaired) electrons. The number of nitrogens with zero attached hydrogens (tertiary/aromatic N) is 3. The molecule has 8 heteroatoms. The van der Waals surface area contributed by atoms with Crippen molar-refractivity contribution in [2.24, 2.45) is 7.05 Å². The number of benzene rings is 1. The van der Waals surface area contributed by atoms with Crippen LogP contribution in [0, 0.1) is 0 Å². The van der Waals surface area contributed by atoms with Crippen molar-refractivity contribution < 1.29 is 18.0 Å².